The van der Waals surface area contributed by atoms with Gasteiger partial charge in [0.25, 0.3) is 5.91 Å². The number of likely N-dealkylation sites (tertiary alicyclic amines) is 1. The first-order chi connectivity index (χ1) is 8.20. The van der Waals surface area contributed by atoms with Gasteiger partial charge in [-0.3, -0.25) is 9.59 Å². The lowest BCUT2D eigenvalue weighted by Gasteiger charge is -2.32. The molecule has 0 aliphatic carbocycles. The second-order valence-electron chi connectivity index (χ2n) is 4.61. The largest absolute Gasteiger partial charge is 0.338 e. The Morgan fingerprint density at radius 1 is 1.59 bits per heavy atom. The lowest BCUT2D eigenvalue weighted by molar-refractivity contribution is 0.0671. The van der Waals surface area contributed by atoms with E-state index in [1.165, 1.54) is 18.7 Å². The van der Waals surface area contributed by atoms with Crippen LogP contribution in [0.2, 0.25) is 0 Å². The summed E-state index contributed by atoms with van der Waals surface area (Å²) >= 11 is 0. The number of carbonyl (C=O) groups is 1. The SMILES string of the molecule is CCC1CCCN(C(=O)c2cc[nH]c(=O)c2)C1. The summed E-state index contributed by atoms with van der Waals surface area (Å²) < 4.78 is 0. The van der Waals surface area contributed by atoms with Crippen LogP contribution >= 0.6 is 0 Å². The summed E-state index contributed by atoms with van der Waals surface area (Å²) in [7, 11) is 0. The normalized spacial score (nSPS) is 20.3. The Hall–Kier alpha value is -1.58. The number of hydrogen-bond acceptors (Lipinski definition) is 2. The number of hydrogen-bond donors (Lipinski definition) is 1. The number of pyridine rings is 1. The van der Waals surface area contributed by atoms with E-state index in [1.54, 1.807) is 6.07 Å². The van der Waals surface area contributed by atoms with Crippen LogP contribution in [-0.2, 0) is 0 Å². The predicted octanol–water partition coefficient (Wildman–Crippen LogP) is 1.64. The lowest BCUT2D eigenvalue weighted by Crippen LogP contribution is -2.40. The molecule has 17 heavy (non-hydrogen) atoms. The molecule has 92 valence electrons. The van der Waals surface area contributed by atoms with Crippen LogP contribution in [0.5, 0.6) is 0 Å². The van der Waals surface area contributed by atoms with Crippen molar-refractivity contribution >= 4 is 5.91 Å². The van der Waals surface area contributed by atoms with Crippen LogP contribution in [0.15, 0.2) is 23.1 Å². The fourth-order valence-electron chi connectivity index (χ4n) is 2.34. The first kappa shape index (κ1) is 11.9. The summed E-state index contributed by atoms with van der Waals surface area (Å²) in [6.45, 7) is 3.79. The highest BCUT2D eigenvalue weighted by molar-refractivity contribution is 5.94. The first-order valence-corrected chi connectivity index (χ1v) is 6.18. The molecule has 4 nitrogen and oxygen atoms in total. The Bertz CT molecular complexity index is 453. The van der Waals surface area contributed by atoms with Crippen LogP contribution < -0.4 is 5.56 Å². The van der Waals surface area contributed by atoms with E-state index in [0.717, 1.165) is 25.9 Å². The Balaban J connectivity index is 2.12. The van der Waals surface area contributed by atoms with Gasteiger partial charge in [-0.1, -0.05) is 13.3 Å². The number of carbonyl (C=O) groups excluding carboxylic acids is 1. The molecule has 1 saturated heterocycles. The number of H-pyrrole nitrogens is 1. The highest BCUT2D eigenvalue weighted by atomic mass is 16.2. The van der Waals surface area contributed by atoms with Crippen molar-refractivity contribution in [3.8, 4) is 0 Å². The Morgan fingerprint density at radius 3 is 3.12 bits per heavy atom. The van der Waals surface area contributed by atoms with E-state index in [4.69, 9.17) is 0 Å². The number of rotatable bonds is 2. The van der Waals surface area contributed by atoms with Gasteiger partial charge in [-0.25, -0.2) is 0 Å². The van der Waals surface area contributed by atoms with Crippen molar-refractivity contribution in [1.82, 2.24) is 9.88 Å². The van der Waals surface area contributed by atoms with Crippen molar-refractivity contribution < 1.29 is 4.79 Å². The van der Waals surface area contributed by atoms with Crippen molar-refractivity contribution in [3.63, 3.8) is 0 Å². The third-order valence-electron chi connectivity index (χ3n) is 3.41. The maximum Gasteiger partial charge on any atom is 0.254 e. The van der Waals surface area contributed by atoms with Gasteiger partial charge < -0.3 is 9.88 Å². The van der Waals surface area contributed by atoms with E-state index in [2.05, 4.69) is 11.9 Å². The quantitative estimate of drug-likeness (QED) is 0.845. The Morgan fingerprint density at radius 2 is 2.41 bits per heavy atom. The van der Waals surface area contributed by atoms with Crippen molar-refractivity contribution in [2.45, 2.75) is 26.2 Å². The molecular weight excluding hydrogens is 216 g/mol. The maximum atomic E-state index is 12.2. The minimum atomic E-state index is -0.222. The molecule has 2 rings (SSSR count). The molecule has 0 aromatic carbocycles. The van der Waals surface area contributed by atoms with E-state index in [-0.39, 0.29) is 11.5 Å². The lowest BCUT2D eigenvalue weighted by atomic mass is 9.95. The Labute approximate surface area is 101 Å². The van der Waals surface area contributed by atoms with Crippen LogP contribution in [0, 0.1) is 5.92 Å². The average Bonchev–Trinajstić information content (AvgIpc) is 2.38. The monoisotopic (exact) mass is 234 g/mol. The van der Waals surface area contributed by atoms with E-state index in [9.17, 15) is 9.59 Å². The number of nitrogens with zero attached hydrogens (tertiary/aromatic N) is 1. The molecule has 4 heteroatoms. The first-order valence-electron chi connectivity index (χ1n) is 6.18. The van der Waals surface area contributed by atoms with Gasteiger partial charge in [0, 0.05) is 30.9 Å². The van der Waals surface area contributed by atoms with Crippen LogP contribution in [0.25, 0.3) is 0 Å². The molecule has 1 fully saturated rings. The van der Waals surface area contributed by atoms with Gasteiger partial charge >= 0.3 is 0 Å². The number of aromatic nitrogens is 1. The minimum Gasteiger partial charge on any atom is -0.338 e. The van der Waals surface area contributed by atoms with E-state index < -0.39 is 0 Å². The second kappa shape index (κ2) is 5.17. The number of aromatic amines is 1. The number of piperidine rings is 1. The van der Waals surface area contributed by atoms with Crippen LogP contribution in [0.3, 0.4) is 0 Å². The minimum absolute atomic E-state index is 0.0192. The fourth-order valence-corrected chi connectivity index (χ4v) is 2.34. The summed E-state index contributed by atoms with van der Waals surface area (Å²) in [5, 5.41) is 0. The van der Waals surface area contributed by atoms with Gasteiger partial charge in [0.1, 0.15) is 0 Å². The van der Waals surface area contributed by atoms with Gasteiger partial charge in [0.05, 0.1) is 0 Å². The van der Waals surface area contributed by atoms with Crippen LogP contribution in [0.4, 0.5) is 0 Å². The second-order valence-corrected chi connectivity index (χ2v) is 4.61. The zero-order valence-corrected chi connectivity index (χ0v) is 10.1. The molecule has 1 N–H and O–H groups in total. The molecule has 1 amide bonds. The third-order valence-corrected chi connectivity index (χ3v) is 3.41. The summed E-state index contributed by atoms with van der Waals surface area (Å²) in [5.74, 6) is 0.587. The molecular formula is C13H18N2O2. The summed E-state index contributed by atoms with van der Waals surface area (Å²) in [4.78, 5) is 27.7. The summed E-state index contributed by atoms with van der Waals surface area (Å²) in [6, 6.07) is 3.04. The van der Waals surface area contributed by atoms with E-state index >= 15 is 0 Å². The molecule has 1 unspecified atom stereocenters. The van der Waals surface area contributed by atoms with E-state index in [0.29, 0.717) is 11.5 Å². The molecule has 0 bridgehead atoms. The zero-order chi connectivity index (χ0) is 12.3. The van der Waals surface area contributed by atoms with Crippen molar-refractivity contribution in [2.75, 3.05) is 13.1 Å². The smallest absolute Gasteiger partial charge is 0.254 e. The average molecular weight is 234 g/mol. The topological polar surface area (TPSA) is 53.2 Å². The molecule has 1 aromatic rings. The van der Waals surface area contributed by atoms with Gasteiger partial charge in [-0.2, -0.15) is 0 Å². The molecule has 0 radical (unpaired) electrons. The van der Waals surface area contributed by atoms with Gasteiger partial charge in [-0.15, -0.1) is 0 Å². The highest BCUT2D eigenvalue weighted by Crippen LogP contribution is 2.20. The van der Waals surface area contributed by atoms with Gasteiger partial charge in [0.15, 0.2) is 0 Å². The molecule has 0 saturated carbocycles. The van der Waals surface area contributed by atoms with Crippen molar-refractivity contribution in [3.05, 3.63) is 34.2 Å². The number of amides is 1. The zero-order valence-electron chi connectivity index (χ0n) is 10.1. The van der Waals surface area contributed by atoms with Crippen molar-refractivity contribution in [1.29, 1.82) is 0 Å². The Kier molecular flexibility index (Phi) is 3.61. The molecule has 1 aliphatic rings. The predicted molar refractivity (Wildman–Crippen MR) is 66.0 cm³/mol. The molecule has 2 heterocycles. The van der Waals surface area contributed by atoms with Gasteiger partial charge in [0.2, 0.25) is 5.56 Å². The summed E-state index contributed by atoms with van der Waals surface area (Å²) in [5.41, 5.74) is 0.269. The molecule has 1 atom stereocenters. The molecule has 0 spiro atoms. The highest BCUT2D eigenvalue weighted by Gasteiger charge is 2.23. The van der Waals surface area contributed by atoms with E-state index in [1.807, 2.05) is 4.90 Å². The van der Waals surface area contributed by atoms with Crippen molar-refractivity contribution in [2.24, 2.45) is 5.92 Å². The van der Waals surface area contributed by atoms with Crippen LogP contribution in [-0.4, -0.2) is 28.9 Å². The number of nitrogens with one attached hydrogen (secondary N) is 1. The maximum absolute atomic E-state index is 12.2. The van der Waals surface area contributed by atoms with Crippen LogP contribution in [0.1, 0.15) is 36.5 Å². The molecule has 1 aromatic heterocycles. The standard InChI is InChI=1S/C13H18N2O2/c1-2-10-4-3-7-15(9-10)13(17)11-5-6-14-12(16)8-11/h5-6,8,10H,2-4,7,9H2,1H3,(H,14,16). The summed E-state index contributed by atoms with van der Waals surface area (Å²) in [6.07, 6.45) is 4.90. The fraction of sp³-hybridized carbons (Fsp3) is 0.538. The molecule has 1 aliphatic heterocycles. The van der Waals surface area contributed by atoms with Gasteiger partial charge in [-0.05, 0) is 24.8 Å². The third kappa shape index (κ3) is 2.75.